The minimum Gasteiger partial charge on any atom is -0.343 e. The van der Waals surface area contributed by atoms with Crippen LogP contribution in [-0.4, -0.2) is 33.8 Å². The first-order valence-corrected chi connectivity index (χ1v) is 6.67. The van der Waals surface area contributed by atoms with E-state index in [1.54, 1.807) is 17.3 Å². The predicted octanol–water partition coefficient (Wildman–Crippen LogP) is 1.10. The summed E-state index contributed by atoms with van der Waals surface area (Å²) in [5, 5.41) is 2.79. The third kappa shape index (κ3) is 2.75. The maximum atomic E-state index is 12.4. The Bertz CT molecular complexity index is 461. The largest absolute Gasteiger partial charge is 0.343 e. The Balaban J connectivity index is 2.22. The summed E-state index contributed by atoms with van der Waals surface area (Å²) in [4.78, 5) is 30.1. The molecule has 2 unspecified atom stereocenters. The van der Waals surface area contributed by atoms with E-state index in [9.17, 15) is 9.59 Å². The van der Waals surface area contributed by atoms with Crippen molar-refractivity contribution < 1.29 is 9.59 Å². The van der Waals surface area contributed by atoms with Gasteiger partial charge in [-0.25, -0.2) is 0 Å². The molecule has 5 nitrogen and oxygen atoms in total. The van der Waals surface area contributed by atoms with Crippen molar-refractivity contribution in [3.05, 3.63) is 30.1 Å². The molecular weight excluding hydrogens is 242 g/mol. The first-order valence-electron chi connectivity index (χ1n) is 6.67. The van der Waals surface area contributed by atoms with Crippen LogP contribution in [0.5, 0.6) is 0 Å². The molecular formula is C14H19N3O2. The van der Waals surface area contributed by atoms with E-state index in [2.05, 4.69) is 10.3 Å². The van der Waals surface area contributed by atoms with Gasteiger partial charge in [-0.1, -0.05) is 19.9 Å². The summed E-state index contributed by atoms with van der Waals surface area (Å²) in [6.45, 7) is 4.26. The van der Waals surface area contributed by atoms with E-state index >= 15 is 0 Å². The number of hydrogen-bond acceptors (Lipinski definition) is 3. The number of rotatable bonds is 4. The fourth-order valence-electron chi connectivity index (χ4n) is 2.38. The minimum atomic E-state index is -0.396. The molecule has 0 aliphatic carbocycles. The molecule has 2 rings (SSSR count). The van der Waals surface area contributed by atoms with Gasteiger partial charge in [0.15, 0.2) is 0 Å². The summed E-state index contributed by atoms with van der Waals surface area (Å²) in [6, 6.07) is 2.98. The average molecular weight is 261 g/mol. The quantitative estimate of drug-likeness (QED) is 0.882. The molecule has 1 N–H and O–H groups in total. The predicted molar refractivity (Wildman–Crippen MR) is 71.1 cm³/mol. The van der Waals surface area contributed by atoms with E-state index in [-0.39, 0.29) is 17.9 Å². The van der Waals surface area contributed by atoms with E-state index in [4.69, 9.17) is 0 Å². The van der Waals surface area contributed by atoms with E-state index in [1.807, 2.05) is 26.0 Å². The highest BCUT2D eigenvalue weighted by molar-refractivity contribution is 5.96. The monoisotopic (exact) mass is 261 g/mol. The Hall–Kier alpha value is -1.91. The minimum absolute atomic E-state index is 0.00203. The van der Waals surface area contributed by atoms with Crippen LogP contribution in [0.4, 0.5) is 0 Å². The van der Waals surface area contributed by atoms with Gasteiger partial charge in [0.05, 0.1) is 0 Å². The van der Waals surface area contributed by atoms with Crippen LogP contribution in [0.15, 0.2) is 24.5 Å². The standard InChI is InChI=1S/C14H19N3O2/c1-3-11-14(19)17(12(4-2)13(18)16-11)9-10-6-5-7-15-8-10/h5-8,11-12H,3-4,9H2,1-2H3,(H,16,18). The molecule has 19 heavy (non-hydrogen) atoms. The molecule has 0 saturated carbocycles. The van der Waals surface area contributed by atoms with Crippen molar-refractivity contribution in [1.29, 1.82) is 0 Å². The molecule has 1 saturated heterocycles. The molecule has 2 amide bonds. The van der Waals surface area contributed by atoms with Crippen molar-refractivity contribution in [1.82, 2.24) is 15.2 Å². The van der Waals surface area contributed by atoms with Gasteiger partial charge in [0, 0.05) is 18.9 Å². The van der Waals surface area contributed by atoms with Crippen LogP contribution in [0.3, 0.4) is 0 Å². The number of carbonyl (C=O) groups is 2. The van der Waals surface area contributed by atoms with Crippen molar-refractivity contribution >= 4 is 11.8 Å². The number of nitrogens with one attached hydrogen (secondary N) is 1. The molecule has 0 aromatic carbocycles. The molecule has 0 radical (unpaired) electrons. The normalized spacial score (nSPS) is 23.4. The first kappa shape index (κ1) is 13.5. The molecule has 1 aromatic heterocycles. The number of carbonyl (C=O) groups excluding carboxylic acids is 2. The maximum Gasteiger partial charge on any atom is 0.246 e. The fourth-order valence-corrected chi connectivity index (χ4v) is 2.38. The van der Waals surface area contributed by atoms with E-state index in [0.29, 0.717) is 19.4 Å². The van der Waals surface area contributed by atoms with Crippen LogP contribution < -0.4 is 5.32 Å². The van der Waals surface area contributed by atoms with Gasteiger partial charge < -0.3 is 10.2 Å². The number of amides is 2. The molecule has 1 aliphatic rings. The van der Waals surface area contributed by atoms with Crippen molar-refractivity contribution in [3.63, 3.8) is 0 Å². The number of pyridine rings is 1. The molecule has 1 aromatic rings. The van der Waals surface area contributed by atoms with Gasteiger partial charge in [0.1, 0.15) is 12.1 Å². The third-order valence-electron chi connectivity index (χ3n) is 3.45. The highest BCUT2D eigenvalue weighted by atomic mass is 16.2. The van der Waals surface area contributed by atoms with E-state index < -0.39 is 6.04 Å². The second kappa shape index (κ2) is 5.82. The zero-order chi connectivity index (χ0) is 13.8. The molecule has 0 spiro atoms. The lowest BCUT2D eigenvalue weighted by atomic mass is 10.0. The lowest BCUT2D eigenvalue weighted by Crippen LogP contribution is -2.62. The van der Waals surface area contributed by atoms with Crippen LogP contribution >= 0.6 is 0 Å². The Labute approximate surface area is 113 Å². The summed E-state index contributed by atoms with van der Waals surface area (Å²) >= 11 is 0. The summed E-state index contributed by atoms with van der Waals surface area (Å²) in [5.41, 5.74) is 0.943. The van der Waals surface area contributed by atoms with Gasteiger partial charge in [-0.3, -0.25) is 14.6 Å². The summed E-state index contributed by atoms with van der Waals surface area (Å²) in [6.07, 6.45) is 4.66. The molecule has 1 aliphatic heterocycles. The van der Waals surface area contributed by atoms with Crippen molar-refractivity contribution in [2.24, 2.45) is 0 Å². The Morgan fingerprint density at radius 1 is 1.32 bits per heavy atom. The van der Waals surface area contributed by atoms with Gasteiger partial charge in [-0.05, 0) is 24.5 Å². The van der Waals surface area contributed by atoms with Crippen LogP contribution in [-0.2, 0) is 16.1 Å². The summed E-state index contributed by atoms with van der Waals surface area (Å²) in [5.74, 6) is -0.0596. The fraction of sp³-hybridized carbons (Fsp3) is 0.500. The summed E-state index contributed by atoms with van der Waals surface area (Å²) < 4.78 is 0. The van der Waals surface area contributed by atoms with Crippen molar-refractivity contribution in [2.45, 2.75) is 45.3 Å². The van der Waals surface area contributed by atoms with Crippen LogP contribution in [0.25, 0.3) is 0 Å². The van der Waals surface area contributed by atoms with Gasteiger partial charge in [0.25, 0.3) is 0 Å². The SMILES string of the molecule is CCC1NC(=O)C(CC)N(Cc2cccnc2)C1=O. The van der Waals surface area contributed by atoms with Crippen LogP contribution in [0.1, 0.15) is 32.3 Å². The van der Waals surface area contributed by atoms with Gasteiger partial charge in [-0.2, -0.15) is 0 Å². The highest BCUT2D eigenvalue weighted by Crippen LogP contribution is 2.17. The van der Waals surface area contributed by atoms with Gasteiger partial charge >= 0.3 is 0 Å². The smallest absolute Gasteiger partial charge is 0.246 e. The van der Waals surface area contributed by atoms with Gasteiger partial charge in [-0.15, -0.1) is 0 Å². The topological polar surface area (TPSA) is 62.3 Å². The van der Waals surface area contributed by atoms with Gasteiger partial charge in [0.2, 0.25) is 11.8 Å². The molecule has 0 bridgehead atoms. The highest BCUT2D eigenvalue weighted by Gasteiger charge is 2.38. The third-order valence-corrected chi connectivity index (χ3v) is 3.45. The Morgan fingerprint density at radius 3 is 2.68 bits per heavy atom. The lowest BCUT2D eigenvalue weighted by Gasteiger charge is -2.38. The summed E-state index contributed by atoms with van der Waals surface area (Å²) in [7, 11) is 0. The second-order valence-corrected chi connectivity index (χ2v) is 4.72. The van der Waals surface area contributed by atoms with Crippen molar-refractivity contribution in [2.75, 3.05) is 0 Å². The lowest BCUT2D eigenvalue weighted by molar-refractivity contribution is -0.150. The average Bonchev–Trinajstić information content (AvgIpc) is 2.44. The second-order valence-electron chi connectivity index (χ2n) is 4.72. The molecule has 2 atom stereocenters. The number of aromatic nitrogens is 1. The first-order chi connectivity index (χ1) is 9.17. The van der Waals surface area contributed by atoms with Crippen LogP contribution in [0, 0.1) is 0 Å². The van der Waals surface area contributed by atoms with E-state index in [0.717, 1.165) is 5.56 Å². The molecule has 2 heterocycles. The number of piperazine rings is 1. The van der Waals surface area contributed by atoms with Crippen LogP contribution in [0.2, 0.25) is 0 Å². The number of hydrogen-bond donors (Lipinski definition) is 1. The zero-order valence-electron chi connectivity index (χ0n) is 11.3. The number of nitrogens with zero attached hydrogens (tertiary/aromatic N) is 2. The zero-order valence-corrected chi connectivity index (χ0v) is 11.3. The molecule has 1 fully saturated rings. The van der Waals surface area contributed by atoms with E-state index in [1.165, 1.54) is 0 Å². The maximum absolute atomic E-state index is 12.4. The molecule has 5 heteroatoms. The molecule has 102 valence electrons. The Kier molecular flexibility index (Phi) is 4.14. The van der Waals surface area contributed by atoms with Crippen molar-refractivity contribution in [3.8, 4) is 0 Å². The Morgan fingerprint density at radius 2 is 2.11 bits per heavy atom.